The maximum atomic E-state index is 13.4. The summed E-state index contributed by atoms with van der Waals surface area (Å²) < 4.78 is 29.2. The number of fused-ring (bicyclic) bond motifs is 1. The van der Waals surface area contributed by atoms with Crippen LogP contribution in [-0.4, -0.2) is 67.3 Å². The van der Waals surface area contributed by atoms with E-state index in [0.717, 1.165) is 16.2 Å². The van der Waals surface area contributed by atoms with Gasteiger partial charge in [-0.3, -0.25) is 4.79 Å². The Balaban J connectivity index is 1.28. The molecular formula is C26H32N4O3S2. The third-order valence-corrected chi connectivity index (χ3v) is 10.0. The van der Waals surface area contributed by atoms with Gasteiger partial charge in [-0.1, -0.05) is 55.0 Å². The van der Waals surface area contributed by atoms with Crippen LogP contribution in [-0.2, 0) is 14.8 Å². The molecule has 9 heteroatoms. The molecule has 3 heterocycles. The normalized spacial score (nSPS) is 19.7. The van der Waals surface area contributed by atoms with Gasteiger partial charge in [0.25, 0.3) is 0 Å². The van der Waals surface area contributed by atoms with Crippen molar-refractivity contribution in [2.75, 3.05) is 37.6 Å². The summed E-state index contributed by atoms with van der Waals surface area (Å²) in [6.07, 6.45) is 1.27. The van der Waals surface area contributed by atoms with E-state index in [0.29, 0.717) is 51.5 Å². The van der Waals surface area contributed by atoms with Crippen molar-refractivity contribution in [2.24, 2.45) is 0 Å². The highest BCUT2D eigenvalue weighted by Gasteiger charge is 2.41. The van der Waals surface area contributed by atoms with E-state index in [-0.39, 0.29) is 10.8 Å². The van der Waals surface area contributed by atoms with Crippen molar-refractivity contribution in [3.8, 4) is 0 Å². The predicted molar refractivity (Wildman–Crippen MR) is 141 cm³/mol. The number of carbonyl (C=O) groups excluding carboxylic acids is 1. The van der Waals surface area contributed by atoms with Gasteiger partial charge in [0.2, 0.25) is 15.9 Å². The number of rotatable bonds is 5. The maximum Gasteiger partial charge on any atom is 0.243 e. The fourth-order valence-electron chi connectivity index (χ4n) is 5.01. The van der Waals surface area contributed by atoms with Crippen LogP contribution in [0.2, 0.25) is 0 Å². The van der Waals surface area contributed by atoms with Crippen LogP contribution < -0.4 is 4.90 Å². The Morgan fingerprint density at radius 3 is 2.43 bits per heavy atom. The van der Waals surface area contributed by atoms with Gasteiger partial charge < -0.3 is 9.80 Å². The molecule has 5 rings (SSSR count). The number of hydrogen-bond acceptors (Lipinski definition) is 6. The monoisotopic (exact) mass is 512 g/mol. The van der Waals surface area contributed by atoms with Gasteiger partial charge in [-0.15, -0.1) is 0 Å². The topological polar surface area (TPSA) is 73.8 Å². The first-order chi connectivity index (χ1) is 16.8. The minimum Gasteiger partial charge on any atom is -0.345 e. The van der Waals surface area contributed by atoms with Crippen LogP contribution in [0.5, 0.6) is 0 Å². The lowest BCUT2D eigenvalue weighted by atomic mass is 10.0. The van der Waals surface area contributed by atoms with Crippen LogP contribution in [0, 0.1) is 6.92 Å². The van der Waals surface area contributed by atoms with Gasteiger partial charge in [0.1, 0.15) is 6.04 Å². The first kappa shape index (κ1) is 24.2. The molecule has 0 radical (unpaired) electrons. The van der Waals surface area contributed by atoms with Gasteiger partial charge in [-0.05, 0) is 49.4 Å². The van der Waals surface area contributed by atoms with Gasteiger partial charge >= 0.3 is 0 Å². The molecule has 186 valence electrons. The molecular weight excluding hydrogens is 480 g/mol. The number of nitrogens with zero attached hydrogens (tertiary/aromatic N) is 4. The molecule has 2 aliphatic rings. The largest absolute Gasteiger partial charge is 0.345 e. The second kappa shape index (κ2) is 9.52. The fourth-order valence-corrected chi connectivity index (χ4v) is 7.71. The Morgan fingerprint density at radius 1 is 1.03 bits per heavy atom. The van der Waals surface area contributed by atoms with E-state index in [1.54, 1.807) is 35.6 Å². The summed E-state index contributed by atoms with van der Waals surface area (Å²) in [5, 5.41) is 0.990. The van der Waals surface area contributed by atoms with Gasteiger partial charge in [0.15, 0.2) is 5.13 Å². The lowest BCUT2D eigenvalue weighted by Crippen LogP contribution is -2.54. The number of aromatic nitrogens is 1. The van der Waals surface area contributed by atoms with Crippen molar-refractivity contribution in [3.05, 3.63) is 53.6 Å². The van der Waals surface area contributed by atoms with E-state index in [1.165, 1.54) is 14.6 Å². The smallest absolute Gasteiger partial charge is 0.243 e. The molecule has 35 heavy (non-hydrogen) atoms. The molecule has 0 spiro atoms. The highest BCUT2D eigenvalue weighted by Crippen LogP contribution is 2.34. The SMILES string of the molecule is Cc1ccc(S(=O)(=O)N2CCCC2C(=O)N2CCN(c3nc4c(C(C)C)cccc4s3)CC2)cc1. The van der Waals surface area contributed by atoms with Gasteiger partial charge in [-0.25, -0.2) is 13.4 Å². The Labute approximate surface area is 211 Å². The van der Waals surface area contributed by atoms with E-state index in [2.05, 4.69) is 36.9 Å². The Morgan fingerprint density at radius 2 is 1.74 bits per heavy atom. The zero-order chi connectivity index (χ0) is 24.7. The van der Waals surface area contributed by atoms with Crippen molar-refractivity contribution in [3.63, 3.8) is 0 Å². The molecule has 2 aromatic carbocycles. The van der Waals surface area contributed by atoms with Crippen LogP contribution in [0.3, 0.4) is 0 Å². The summed E-state index contributed by atoms with van der Waals surface area (Å²) in [4.78, 5) is 22.7. The third kappa shape index (κ3) is 4.57. The molecule has 7 nitrogen and oxygen atoms in total. The molecule has 1 aromatic heterocycles. The number of thiazole rings is 1. The minimum absolute atomic E-state index is 0.0794. The average Bonchev–Trinajstić information content (AvgIpc) is 3.51. The number of benzene rings is 2. The zero-order valence-corrected chi connectivity index (χ0v) is 22.1. The van der Waals surface area contributed by atoms with Crippen LogP contribution in [0.15, 0.2) is 47.4 Å². The summed E-state index contributed by atoms with van der Waals surface area (Å²) in [5.41, 5.74) is 3.34. The minimum atomic E-state index is -3.70. The van der Waals surface area contributed by atoms with Gasteiger partial charge in [0, 0.05) is 32.7 Å². The number of hydrogen-bond donors (Lipinski definition) is 0. The van der Waals surface area contributed by atoms with E-state index in [4.69, 9.17) is 4.98 Å². The third-order valence-electron chi connectivity index (χ3n) is 7.04. The van der Waals surface area contributed by atoms with E-state index in [1.807, 2.05) is 11.8 Å². The van der Waals surface area contributed by atoms with Crippen LogP contribution in [0.1, 0.15) is 43.7 Å². The van der Waals surface area contributed by atoms with Gasteiger partial charge in [0.05, 0.1) is 15.1 Å². The summed E-state index contributed by atoms with van der Waals surface area (Å²) >= 11 is 1.70. The maximum absolute atomic E-state index is 13.4. The lowest BCUT2D eigenvalue weighted by molar-refractivity contribution is -0.134. The predicted octanol–water partition coefficient (Wildman–Crippen LogP) is 4.23. The molecule has 2 saturated heterocycles. The molecule has 2 fully saturated rings. The zero-order valence-electron chi connectivity index (χ0n) is 20.5. The first-order valence-corrected chi connectivity index (χ1v) is 14.5. The number of amides is 1. The summed E-state index contributed by atoms with van der Waals surface area (Å²) in [7, 11) is -3.70. The van der Waals surface area contributed by atoms with E-state index < -0.39 is 16.1 Å². The van der Waals surface area contributed by atoms with Crippen LogP contribution in [0.25, 0.3) is 10.2 Å². The first-order valence-electron chi connectivity index (χ1n) is 12.3. The van der Waals surface area contributed by atoms with Crippen molar-refractivity contribution in [1.82, 2.24) is 14.2 Å². The number of para-hydroxylation sites is 1. The summed E-state index contributed by atoms with van der Waals surface area (Å²) in [5.74, 6) is 0.331. The van der Waals surface area contributed by atoms with E-state index in [9.17, 15) is 13.2 Å². The molecule has 1 atom stereocenters. The van der Waals surface area contributed by atoms with Crippen LogP contribution >= 0.6 is 11.3 Å². The summed E-state index contributed by atoms with van der Waals surface area (Å²) in [6.45, 7) is 9.21. The van der Waals surface area contributed by atoms with Crippen LogP contribution in [0.4, 0.5) is 5.13 Å². The average molecular weight is 513 g/mol. The highest BCUT2D eigenvalue weighted by atomic mass is 32.2. The standard InChI is InChI=1S/C26H32N4O3S2/c1-18(2)21-6-4-8-23-24(21)27-26(34-23)29-16-14-28(15-17-29)25(31)22-7-5-13-30(22)35(32,33)20-11-9-19(3)10-12-20/h4,6,8-12,18,22H,5,7,13-17H2,1-3H3. The number of aryl methyl sites for hydroxylation is 1. The quantitative estimate of drug-likeness (QED) is 0.512. The molecule has 0 saturated carbocycles. The molecule has 1 unspecified atom stereocenters. The molecule has 0 bridgehead atoms. The Bertz CT molecular complexity index is 1330. The fraction of sp³-hybridized carbons (Fsp3) is 0.462. The Kier molecular flexibility index (Phi) is 6.59. The van der Waals surface area contributed by atoms with Gasteiger partial charge in [-0.2, -0.15) is 4.31 Å². The lowest BCUT2D eigenvalue weighted by Gasteiger charge is -2.37. The van der Waals surface area contributed by atoms with Crippen molar-refractivity contribution in [2.45, 2.75) is 50.5 Å². The molecule has 1 amide bonds. The highest BCUT2D eigenvalue weighted by molar-refractivity contribution is 7.89. The molecule has 0 aliphatic carbocycles. The van der Waals surface area contributed by atoms with Crippen molar-refractivity contribution < 1.29 is 13.2 Å². The molecule has 3 aromatic rings. The number of piperazine rings is 1. The molecule has 2 aliphatic heterocycles. The second-order valence-corrected chi connectivity index (χ2v) is 12.6. The molecule has 0 N–H and O–H groups in total. The number of sulfonamides is 1. The number of carbonyl (C=O) groups is 1. The summed E-state index contributed by atoms with van der Waals surface area (Å²) in [6, 6.07) is 12.6. The Hall–Kier alpha value is -2.49. The van der Waals surface area contributed by atoms with E-state index >= 15 is 0 Å². The number of anilines is 1. The second-order valence-electron chi connectivity index (χ2n) is 9.74. The van der Waals surface area contributed by atoms with Crippen molar-refractivity contribution in [1.29, 1.82) is 0 Å². The van der Waals surface area contributed by atoms with Crippen molar-refractivity contribution >= 4 is 42.6 Å².